The van der Waals surface area contributed by atoms with Crippen molar-refractivity contribution in [2.24, 2.45) is 0 Å². The van der Waals surface area contributed by atoms with E-state index in [1.54, 1.807) is 24.3 Å². The maximum absolute atomic E-state index is 12.3. The van der Waals surface area contributed by atoms with Crippen LogP contribution >= 0.6 is 0 Å². The van der Waals surface area contributed by atoms with Gasteiger partial charge in [0.2, 0.25) is 0 Å². The van der Waals surface area contributed by atoms with E-state index in [9.17, 15) is 24.9 Å². The lowest BCUT2D eigenvalue weighted by atomic mass is 9.99. The van der Waals surface area contributed by atoms with Crippen LogP contribution in [0.15, 0.2) is 97.1 Å². The summed E-state index contributed by atoms with van der Waals surface area (Å²) in [7, 11) is 1.93. The molecule has 1 aliphatic heterocycles. The summed E-state index contributed by atoms with van der Waals surface area (Å²) in [6, 6.07) is 30.2. The fourth-order valence-electron chi connectivity index (χ4n) is 5.92. The Balaban J connectivity index is 1.28. The van der Waals surface area contributed by atoms with Crippen molar-refractivity contribution in [3.05, 3.63) is 125 Å². The molecule has 10 nitrogen and oxygen atoms in total. The lowest BCUT2D eigenvalue weighted by molar-refractivity contribution is -0.252. The average molecular weight is 669 g/mol. The molecule has 1 fully saturated rings. The zero-order chi connectivity index (χ0) is 34.9. The number of rotatable bonds is 13. The molecule has 4 aromatic rings. The molecule has 0 aliphatic carbocycles. The van der Waals surface area contributed by atoms with Gasteiger partial charge in [0.25, 0.3) is 5.91 Å². The first kappa shape index (κ1) is 35.7. The van der Waals surface area contributed by atoms with Crippen molar-refractivity contribution < 1.29 is 39.1 Å². The first-order valence-corrected chi connectivity index (χ1v) is 16.4. The molecule has 0 bridgehead atoms. The number of amides is 1. The van der Waals surface area contributed by atoms with Crippen molar-refractivity contribution in [1.82, 2.24) is 10.2 Å². The number of phenolic OH excluding ortho intramolecular Hbond substituents is 1. The molecule has 5 atom stereocenters. The predicted octanol–water partition coefficient (Wildman–Crippen LogP) is 5.33. The number of hydrogen-bond donors (Lipinski definition) is 4. The van der Waals surface area contributed by atoms with Gasteiger partial charge < -0.3 is 39.7 Å². The summed E-state index contributed by atoms with van der Waals surface area (Å²) in [5.74, 6) is -0.759. The van der Waals surface area contributed by atoms with E-state index >= 15 is 0 Å². The van der Waals surface area contributed by atoms with Gasteiger partial charge in [-0.2, -0.15) is 0 Å². The molecular formula is C39H44N2O8. The quantitative estimate of drug-likeness (QED) is 0.139. The normalized spacial score (nSPS) is 18.9. The van der Waals surface area contributed by atoms with Crippen LogP contribution in [0.4, 0.5) is 0 Å². The van der Waals surface area contributed by atoms with Crippen molar-refractivity contribution in [2.45, 2.75) is 64.1 Å². The number of benzene rings is 4. The SMILES string of the molecule is CC(=O)O[C@@H](C)C(=O)NCc1cccc(-c2ccc([C@H]3O[C@@H](CN(C)C[C@@H](O)c4cccc(O)c4)C[C@@H](c4ccc(CO)cc4)O3)cc2)c1. The summed E-state index contributed by atoms with van der Waals surface area (Å²) in [5.41, 5.74) is 6.17. The second-order valence-corrected chi connectivity index (χ2v) is 12.5. The highest BCUT2D eigenvalue weighted by molar-refractivity contribution is 5.82. The monoisotopic (exact) mass is 668 g/mol. The van der Waals surface area contributed by atoms with E-state index in [-0.39, 0.29) is 30.5 Å². The van der Waals surface area contributed by atoms with Crippen LogP contribution in [0.25, 0.3) is 11.1 Å². The minimum absolute atomic E-state index is 0.0361. The van der Waals surface area contributed by atoms with Crippen molar-refractivity contribution in [3.63, 3.8) is 0 Å². The van der Waals surface area contributed by atoms with Gasteiger partial charge >= 0.3 is 5.97 Å². The van der Waals surface area contributed by atoms with Gasteiger partial charge in [0.1, 0.15) is 5.75 Å². The Morgan fingerprint density at radius 3 is 2.33 bits per heavy atom. The molecule has 49 heavy (non-hydrogen) atoms. The summed E-state index contributed by atoms with van der Waals surface area (Å²) in [6.45, 7) is 3.96. The molecule has 1 saturated heterocycles. The van der Waals surface area contributed by atoms with Crippen LogP contribution in [0.2, 0.25) is 0 Å². The average Bonchev–Trinajstić information content (AvgIpc) is 3.10. The van der Waals surface area contributed by atoms with Crippen molar-refractivity contribution in [2.75, 3.05) is 20.1 Å². The van der Waals surface area contributed by atoms with Gasteiger partial charge in [-0.15, -0.1) is 0 Å². The number of nitrogens with one attached hydrogen (secondary N) is 1. The van der Waals surface area contributed by atoms with Crippen molar-refractivity contribution >= 4 is 11.9 Å². The Morgan fingerprint density at radius 1 is 0.918 bits per heavy atom. The highest BCUT2D eigenvalue weighted by Crippen LogP contribution is 2.39. The van der Waals surface area contributed by atoms with Crippen molar-refractivity contribution in [3.8, 4) is 16.9 Å². The van der Waals surface area contributed by atoms with Crippen LogP contribution in [0.3, 0.4) is 0 Å². The van der Waals surface area contributed by atoms with Crippen LogP contribution in [-0.2, 0) is 37.0 Å². The van der Waals surface area contributed by atoms with E-state index in [2.05, 4.69) is 5.32 Å². The van der Waals surface area contributed by atoms with Gasteiger partial charge in [-0.1, -0.05) is 78.9 Å². The number of aromatic hydroxyl groups is 1. The number of aliphatic hydroxyl groups is 2. The number of carbonyl (C=O) groups is 2. The molecule has 258 valence electrons. The predicted molar refractivity (Wildman–Crippen MR) is 184 cm³/mol. The number of aliphatic hydroxyl groups excluding tert-OH is 2. The lowest BCUT2D eigenvalue weighted by Gasteiger charge is -2.38. The van der Waals surface area contributed by atoms with Gasteiger partial charge in [-0.05, 0) is 65.6 Å². The molecule has 1 amide bonds. The highest BCUT2D eigenvalue weighted by Gasteiger charge is 2.33. The van der Waals surface area contributed by atoms with Gasteiger partial charge in [-0.3, -0.25) is 9.59 Å². The standard InChI is InChI=1S/C39H44N2O8/c1-25(47-26(2)43)38(46)40-21-28-6-4-7-32(18-28)29-14-16-31(17-15-29)39-48-35(20-37(49-39)30-12-10-27(24-42)11-13-30)22-41(3)23-36(45)33-8-5-9-34(44)19-33/h4-19,25,35-37,39,42,44-45H,20-24H2,1-3H3,(H,40,46)/t25-,35+,36+,37-,39-/m0/s1. The van der Waals surface area contributed by atoms with Crippen molar-refractivity contribution in [1.29, 1.82) is 0 Å². The Morgan fingerprint density at radius 2 is 1.63 bits per heavy atom. The largest absolute Gasteiger partial charge is 0.508 e. The number of ether oxygens (including phenoxy) is 3. The number of esters is 1. The van der Waals surface area contributed by atoms with E-state index in [0.717, 1.165) is 33.4 Å². The second-order valence-electron chi connectivity index (χ2n) is 12.5. The third-order valence-electron chi connectivity index (χ3n) is 8.49. The summed E-state index contributed by atoms with van der Waals surface area (Å²) in [6.07, 6.45) is -2.15. The van der Waals surface area contributed by atoms with E-state index in [4.69, 9.17) is 14.2 Å². The van der Waals surface area contributed by atoms with Crippen LogP contribution < -0.4 is 5.32 Å². The minimum atomic E-state index is -0.867. The third kappa shape index (κ3) is 9.97. The smallest absolute Gasteiger partial charge is 0.303 e. The first-order valence-electron chi connectivity index (χ1n) is 16.4. The number of likely N-dealkylation sites (N-methyl/N-ethyl adjacent to an activating group) is 1. The van der Waals surface area contributed by atoms with Crippen LogP contribution in [0, 0.1) is 0 Å². The van der Waals surface area contributed by atoms with Gasteiger partial charge in [-0.25, -0.2) is 0 Å². The summed E-state index contributed by atoms with van der Waals surface area (Å²) < 4.78 is 18.0. The first-order chi connectivity index (χ1) is 23.6. The van der Waals surface area contributed by atoms with E-state index in [1.807, 2.05) is 84.7 Å². The topological polar surface area (TPSA) is 138 Å². The number of carbonyl (C=O) groups excluding carboxylic acids is 2. The lowest BCUT2D eigenvalue weighted by Crippen LogP contribution is -2.39. The molecule has 1 aliphatic rings. The molecular weight excluding hydrogens is 624 g/mol. The Labute approximate surface area is 286 Å². The van der Waals surface area contributed by atoms with Gasteiger partial charge in [0.05, 0.1) is 24.9 Å². The summed E-state index contributed by atoms with van der Waals surface area (Å²) >= 11 is 0. The van der Waals surface area contributed by atoms with E-state index in [1.165, 1.54) is 13.8 Å². The number of phenols is 1. The maximum Gasteiger partial charge on any atom is 0.303 e. The summed E-state index contributed by atoms with van der Waals surface area (Å²) in [5, 5.41) is 33.0. The molecule has 0 spiro atoms. The molecule has 0 aromatic heterocycles. The zero-order valence-corrected chi connectivity index (χ0v) is 28.0. The van der Waals surface area contributed by atoms with Crippen LogP contribution in [0.1, 0.15) is 66.6 Å². The molecule has 0 radical (unpaired) electrons. The van der Waals surface area contributed by atoms with Crippen LogP contribution in [0.5, 0.6) is 5.75 Å². The molecule has 4 aromatic carbocycles. The van der Waals surface area contributed by atoms with Gasteiger partial charge in [0, 0.05) is 38.5 Å². The second kappa shape index (κ2) is 16.7. The Kier molecular flexibility index (Phi) is 12.2. The fraction of sp³-hybridized carbons (Fsp3) is 0.333. The summed E-state index contributed by atoms with van der Waals surface area (Å²) in [4.78, 5) is 25.5. The molecule has 10 heteroatoms. The Bertz CT molecular complexity index is 1690. The number of nitrogens with zero attached hydrogens (tertiary/aromatic N) is 1. The zero-order valence-electron chi connectivity index (χ0n) is 28.0. The molecule has 1 heterocycles. The highest BCUT2D eigenvalue weighted by atomic mass is 16.7. The van der Waals surface area contributed by atoms with E-state index < -0.39 is 24.5 Å². The molecule has 4 N–H and O–H groups in total. The van der Waals surface area contributed by atoms with Gasteiger partial charge in [0.15, 0.2) is 12.4 Å². The fourth-order valence-corrected chi connectivity index (χ4v) is 5.92. The van der Waals surface area contributed by atoms with Crippen LogP contribution in [-0.4, -0.2) is 64.4 Å². The minimum Gasteiger partial charge on any atom is -0.508 e. The Hall–Kier alpha value is -4.58. The number of hydrogen-bond acceptors (Lipinski definition) is 9. The maximum atomic E-state index is 12.3. The third-order valence-corrected chi connectivity index (χ3v) is 8.49. The molecule has 0 unspecified atom stereocenters. The molecule has 5 rings (SSSR count). The van der Waals surface area contributed by atoms with E-state index in [0.29, 0.717) is 31.6 Å². The molecule has 0 saturated carbocycles.